The smallest absolute Gasteiger partial charge is 0.268 e. The summed E-state index contributed by atoms with van der Waals surface area (Å²) in [6, 6.07) is 18.1. The molecule has 6 nitrogen and oxygen atoms in total. The average molecular weight is 524 g/mol. The summed E-state index contributed by atoms with van der Waals surface area (Å²) in [7, 11) is -2.73. The highest BCUT2D eigenvalue weighted by Gasteiger charge is 2.30. The zero-order chi connectivity index (χ0) is 22.6. The number of carbonyl (C=O) groups excluding carboxylic acids is 1. The van der Waals surface area contributed by atoms with E-state index >= 15 is 0 Å². The van der Waals surface area contributed by atoms with E-state index in [1.54, 1.807) is 61.5 Å². The van der Waals surface area contributed by atoms with Gasteiger partial charge in [-0.05, 0) is 67.1 Å². The summed E-state index contributed by atoms with van der Waals surface area (Å²) < 4.78 is 34.3. The van der Waals surface area contributed by atoms with Crippen LogP contribution in [0.2, 0.25) is 5.02 Å². The summed E-state index contributed by atoms with van der Waals surface area (Å²) in [5.74, 6) is -0.305. The maximum atomic E-state index is 13.6. The van der Waals surface area contributed by atoms with Crippen molar-refractivity contribution in [3.05, 3.63) is 81.8 Å². The van der Waals surface area contributed by atoms with E-state index in [4.69, 9.17) is 16.3 Å². The minimum atomic E-state index is -4.13. The molecule has 0 saturated carbocycles. The van der Waals surface area contributed by atoms with Gasteiger partial charge in [-0.1, -0.05) is 39.7 Å². The van der Waals surface area contributed by atoms with E-state index in [2.05, 4.69) is 21.2 Å². The van der Waals surface area contributed by atoms with Gasteiger partial charge in [0.1, 0.15) is 17.2 Å². The Morgan fingerprint density at radius 2 is 1.81 bits per heavy atom. The third kappa shape index (κ3) is 5.58. The normalized spacial score (nSPS) is 11.1. The number of sulfonamides is 1. The number of benzene rings is 3. The molecule has 1 amide bonds. The molecule has 0 saturated heterocycles. The van der Waals surface area contributed by atoms with E-state index in [9.17, 15) is 13.2 Å². The van der Waals surface area contributed by atoms with Crippen molar-refractivity contribution in [2.45, 2.75) is 11.8 Å². The van der Waals surface area contributed by atoms with Gasteiger partial charge in [0.15, 0.2) is 0 Å². The number of carbonyl (C=O) groups is 1. The SMILES string of the molecule is COc1ccc(C)cc1S(=O)(=O)N(CC(=O)Nc1cccc(Br)c1)c1ccc(Cl)cc1. The lowest BCUT2D eigenvalue weighted by atomic mass is 10.2. The van der Waals surface area contributed by atoms with Crippen LogP contribution in [-0.2, 0) is 14.8 Å². The minimum Gasteiger partial charge on any atom is -0.495 e. The minimum absolute atomic E-state index is 0.0276. The second-order valence-corrected chi connectivity index (χ2v) is 9.88. The third-order valence-electron chi connectivity index (χ3n) is 4.40. The van der Waals surface area contributed by atoms with Gasteiger partial charge in [0.25, 0.3) is 10.0 Å². The number of nitrogens with one attached hydrogen (secondary N) is 1. The monoisotopic (exact) mass is 522 g/mol. The Labute approximate surface area is 195 Å². The zero-order valence-electron chi connectivity index (χ0n) is 16.8. The molecule has 0 heterocycles. The predicted octanol–water partition coefficient (Wildman–Crippen LogP) is 5.25. The number of ether oxygens (including phenoxy) is 1. The van der Waals surface area contributed by atoms with Gasteiger partial charge in [-0.3, -0.25) is 9.10 Å². The molecule has 3 aromatic rings. The molecule has 31 heavy (non-hydrogen) atoms. The number of amides is 1. The Balaban J connectivity index is 2.01. The first-order valence-electron chi connectivity index (χ1n) is 9.19. The standard InChI is InChI=1S/C22H20BrClN2O4S/c1-15-6-11-20(30-2)21(12-15)31(28,29)26(19-9-7-17(24)8-10-19)14-22(27)25-18-5-3-4-16(23)13-18/h3-13H,14H2,1-2H3,(H,25,27). The molecule has 0 atom stereocenters. The van der Waals surface area contributed by atoms with Crippen LogP contribution in [0.4, 0.5) is 11.4 Å². The van der Waals surface area contributed by atoms with Crippen molar-refractivity contribution in [1.29, 1.82) is 0 Å². The molecule has 0 bridgehead atoms. The van der Waals surface area contributed by atoms with Crippen LogP contribution in [-0.4, -0.2) is 28.0 Å². The molecular formula is C22H20BrClN2O4S. The second kappa shape index (κ2) is 9.72. The molecule has 0 aromatic heterocycles. The van der Waals surface area contributed by atoms with Crippen molar-refractivity contribution >= 4 is 54.8 Å². The van der Waals surface area contributed by atoms with Gasteiger partial charge in [0.2, 0.25) is 5.91 Å². The van der Waals surface area contributed by atoms with Crippen molar-refractivity contribution in [1.82, 2.24) is 0 Å². The van der Waals surface area contributed by atoms with Crippen LogP contribution in [0.1, 0.15) is 5.56 Å². The molecule has 3 aromatic carbocycles. The molecule has 0 fully saturated rings. The van der Waals surface area contributed by atoms with Crippen LogP contribution in [0.25, 0.3) is 0 Å². The van der Waals surface area contributed by atoms with E-state index in [1.165, 1.54) is 13.2 Å². The van der Waals surface area contributed by atoms with Crippen LogP contribution in [0.3, 0.4) is 0 Å². The lowest BCUT2D eigenvalue weighted by Gasteiger charge is -2.25. The van der Waals surface area contributed by atoms with Crippen molar-refractivity contribution in [3.63, 3.8) is 0 Å². The fourth-order valence-electron chi connectivity index (χ4n) is 2.92. The number of nitrogens with zero attached hydrogens (tertiary/aromatic N) is 1. The molecule has 0 aliphatic carbocycles. The van der Waals surface area contributed by atoms with Crippen LogP contribution < -0.4 is 14.4 Å². The topological polar surface area (TPSA) is 75.7 Å². The molecule has 3 rings (SSSR count). The van der Waals surface area contributed by atoms with E-state index in [0.717, 1.165) is 14.3 Å². The van der Waals surface area contributed by atoms with Crippen molar-refractivity contribution < 1.29 is 17.9 Å². The number of aryl methyl sites for hydroxylation is 1. The number of anilines is 2. The average Bonchev–Trinajstić information content (AvgIpc) is 2.72. The molecular weight excluding hydrogens is 504 g/mol. The van der Waals surface area contributed by atoms with Gasteiger partial charge < -0.3 is 10.1 Å². The number of hydrogen-bond donors (Lipinski definition) is 1. The molecule has 0 aliphatic rings. The third-order valence-corrected chi connectivity index (χ3v) is 6.94. The summed E-state index contributed by atoms with van der Waals surface area (Å²) in [4.78, 5) is 12.8. The highest BCUT2D eigenvalue weighted by Crippen LogP contribution is 2.31. The fraction of sp³-hybridized carbons (Fsp3) is 0.136. The molecule has 0 spiro atoms. The van der Waals surface area contributed by atoms with Gasteiger partial charge in [0, 0.05) is 15.2 Å². The Morgan fingerprint density at radius 1 is 1.10 bits per heavy atom. The van der Waals surface area contributed by atoms with E-state index < -0.39 is 22.5 Å². The largest absolute Gasteiger partial charge is 0.495 e. The van der Waals surface area contributed by atoms with Gasteiger partial charge in [-0.2, -0.15) is 0 Å². The summed E-state index contributed by atoms with van der Waals surface area (Å²) in [6.45, 7) is 1.35. The quantitative estimate of drug-likeness (QED) is 0.459. The van der Waals surface area contributed by atoms with Gasteiger partial charge in [-0.15, -0.1) is 0 Å². The molecule has 0 unspecified atom stereocenters. The highest BCUT2D eigenvalue weighted by molar-refractivity contribution is 9.10. The van der Waals surface area contributed by atoms with Crippen LogP contribution in [0, 0.1) is 6.92 Å². The van der Waals surface area contributed by atoms with Gasteiger partial charge in [0.05, 0.1) is 12.8 Å². The summed E-state index contributed by atoms with van der Waals surface area (Å²) in [5.41, 5.74) is 1.59. The summed E-state index contributed by atoms with van der Waals surface area (Å²) >= 11 is 9.32. The Kier molecular flexibility index (Phi) is 7.25. The van der Waals surface area contributed by atoms with E-state index in [0.29, 0.717) is 16.4 Å². The lowest BCUT2D eigenvalue weighted by Crippen LogP contribution is -2.38. The first-order chi connectivity index (χ1) is 14.7. The van der Waals surface area contributed by atoms with Crippen molar-refractivity contribution in [3.8, 4) is 5.75 Å². The molecule has 9 heteroatoms. The maximum absolute atomic E-state index is 13.6. The van der Waals surface area contributed by atoms with Crippen molar-refractivity contribution in [2.75, 3.05) is 23.3 Å². The Bertz CT molecular complexity index is 1200. The predicted molar refractivity (Wildman–Crippen MR) is 126 cm³/mol. The Hall–Kier alpha value is -2.55. The van der Waals surface area contributed by atoms with Gasteiger partial charge >= 0.3 is 0 Å². The van der Waals surface area contributed by atoms with Crippen LogP contribution >= 0.6 is 27.5 Å². The zero-order valence-corrected chi connectivity index (χ0v) is 20.0. The van der Waals surface area contributed by atoms with E-state index in [1.807, 2.05) is 6.07 Å². The number of rotatable bonds is 7. The summed E-state index contributed by atoms with van der Waals surface area (Å²) in [5, 5.41) is 3.18. The number of methoxy groups -OCH3 is 1. The highest BCUT2D eigenvalue weighted by atomic mass is 79.9. The Morgan fingerprint density at radius 3 is 2.45 bits per heavy atom. The first kappa shape index (κ1) is 23.1. The molecule has 0 aliphatic heterocycles. The molecule has 1 N–H and O–H groups in total. The molecule has 162 valence electrons. The van der Waals surface area contributed by atoms with Crippen LogP contribution in [0.15, 0.2) is 76.1 Å². The first-order valence-corrected chi connectivity index (χ1v) is 11.8. The number of hydrogen-bond acceptors (Lipinski definition) is 4. The van der Waals surface area contributed by atoms with E-state index in [-0.39, 0.29) is 10.6 Å². The van der Waals surface area contributed by atoms with Crippen LogP contribution in [0.5, 0.6) is 5.75 Å². The lowest BCUT2D eigenvalue weighted by molar-refractivity contribution is -0.114. The van der Waals surface area contributed by atoms with Gasteiger partial charge in [-0.25, -0.2) is 8.42 Å². The fourth-order valence-corrected chi connectivity index (χ4v) is 5.11. The second-order valence-electron chi connectivity index (χ2n) is 6.70. The van der Waals surface area contributed by atoms with Crippen molar-refractivity contribution in [2.24, 2.45) is 0 Å². The summed E-state index contributed by atoms with van der Waals surface area (Å²) in [6.07, 6.45) is 0. The molecule has 0 radical (unpaired) electrons. The maximum Gasteiger partial charge on any atom is 0.268 e. The number of halogens is 2.